The SMILES string of the molecule is O=C(O)CC1CCCN1c1ccccc1S(=O)(=O)C(F)F. The third kappa shape index (κ3) is 3.15. The van der Waals surface area contributed by atoms with Crippen molar-refractivity contribution >= 4 is 21.5 Å². The third-order valence-corrected chi connectivity index (χ3v) is 4.93. The summed E-state index contributed by atoms with van der Waals surface area (Å²) < 4.78 is 49.0. The van der Waals surface area contributed by atoms with E-state index in [2.05, 4.69) is 0 Å². The Bertz CT molecular complexity index is 633. The van der Waals surface area contributed by atoms with Crippen LogP contribution in [0.3, 0.4) is 0 Å². The van der Waals surface area contributed by atoms with Gasteiger partial charge in [-0.1, -0.05) is 12.1 Å². The van der Waals surface area contributed by atoms with Gasteiger partial charge in [0.15, 0.2) is 0 Å². The molecule has 0 amide bonds. The van der Waals surface area contributed by atoms with Crippen LogP contribution >= 0.6 is 0 Å². The molecule has 0 aliphatic carbocycles. The molecule has 1 aromatic carbocycles. The van der Waals surface area contributed by atoms with Crippen LogP contribution in [0.1, 0.15) is 19.3 Å². The van der Waals surface area contributed by atoms with Crippen molar-refractivity contribution in [1.29, 1.82) is 0 Å². The number of anilines is 1. The molecule has 21 heavy (non-hydrogen) atoms. The van der Waals surface area contributed by atoms with Gasteiger partial charge < -0.3 is 10.0 Å². The van der Waals surface area contributed by atoms with Crippen LogP contribution < -0.4 is 4.90 Å². The van der Waals surface area contributed by atoms with E-state index in [1.807, 2.05) is 0 Å². The van der Waals surface area contributed by atoms with E-state index in [9.17, 15) is 22.0 Å². The largest absolute Gasteiger partial charge is 0.481 e. The van der Waals surface area contributed by atoms with Crippen LogP contribution in [-0.4, -0.2) is 37.8 Å². The summed E-state index contributed by atoms with van der Waals surface area (Å²) in [5.41, 5.74) is 0.154. The van der Waals surface area contributed by atoms with Gasteiger partial charge in [-0.2, -0.15) is 8.78 Å². The number of carbonyl (C=O) groups is 1. The van der Waals surface area contributed by atoms with E-state index < -0.39 is 26.5 Å². The van der Waals surface area contributed by atoms with E-state index in [1.54, 1.807) is 11.0 Å². The van der Waals surface area contributed by atoms with Crippen molar-refractivity contribution in [2.24, 2.45) is 0 Å². The molecule has 1 atom stereocenters. The zero-order chi connectivity index (χ0) is 15.6. The van der Waals surface area contributed by atoms with Gasteiger partial charge in [0.25, 0.3) is 0 Å². The second kappa shape index (κ2) is 5.97. The summed E-state index contributed by atoms with van der Waals surface area (Å²) in [6, 6.07) is 5.12. The Morgan fingerprint density at radius 1 is 1.38 bits per heavy atom. The molecule has 1 aliphatic rings. The smallest absolute Gasteiger partial charge is 0.341 e. The molecule has 0 spiro atoms. The molecule has 0 saturated carbocycles. The van der Waals surface area contributed by atoms with E-state index in [0.717, 1.165) is 6.07 Å². The molecule has 1 aromatic rings. The normalized spacial score (nSPS) is 19.2. The van der Waals surface area contributed by atoms with Gasteiger partial charge in [-0.3, -0.25) is 4.79 Å². The van der Waals surface area contributed by atoms with Crippen molar-refractivity contribution in [3.8, 4) is 0 Å². The fraction of sp³-hybridized carbons (Fsp3) is 0.462. The molecule has 1 heterocycles. The molecule has 1 N–H and O–H groups in total. The number of rotatable bonds is 5. The molecular weight excluding hydrogens is 304 g/mol. The minimum absolute atomic E-state index is 0.150. The van der Waals surface area contributed by atoms with Crippen molar-refractivity contribution in [2.45, 2.75) is 36.0 Å². The maximum atomic E-state index is 12.8. The molecule has 2 rings (SSSR count). The summed E-state index contributed by atoms with van der Waals surface area (Å²) >= 11 is 0. The number of hydrogen-bond acceptors (Lipinski definition) is 4. The Morgan fingerprint density at radius 3 is 2.67 bits per heavy atom. The first kappa shape index (κ1) is 15.7. The van der Waals surface area contributed by atoms with Crippen LogP contribution in [0.15, 0.2) is 29.2 Å². The predicted octanol–water partition coefficient (Wildman–Crippen LogP) is 2.13. The third-order valence-electron chi connectivity index (χ3n) is 3.50. The van der Waals surface area contributed by atoms with Crippen molar-refractivity contribution in [1.82, 2.24) is 0 Å². The van der Waals surface area contributed by atoms with Crippen LogP contribution in [0, 0.1) is 0 Å². The monoisotopic (exact) mass is 319 g/mol. The first-order valence-corrected chi connectivity index (χ1v) is 7.98. The lowest BCUT2D eigenvalue weighted by Gasteiger charge is -2.27. The predicted molar refractivity (Wildman–Crippen MR) is 72.3 cm³/mol. The standard InChI is InChI=1S/C13H15F2NO4S/c14-13(15)21(19,20)11-6-2-1-5-10(11)16-7-3-4-9(16)8-12(17)18/h1-2,5-6,9,13H,3-4,7-8H2,(H,17,18). The Hall–Kier alpha value is -1.70. The second-order valence-corrected chi connectivity index (χ2v) is 6.75. The summed E-state index contributed by atoms with van der Waals surface area (Å²) in [5.74, 6) is -4.50. The van der Waals surface area contributed by atoms with Crippen LogP contribution in [0.25, 0.3) is 0 Å². The van der Waals surface area contributed by atoms with E-state index in [1.165, 1.54) is 12.1 Å². The Morgan fingerprint density at radius 2 is 2.05 bits per heavy atom. The van der Waals surface area contributed by atoms with Gasteiger partial charge in [0.05, 0.1) is 17.0 Å². The Labute approximate surface area is 121 Å². The average Bonchev–Trinajstić information content (AvgIpc) is 2.85. The molecule has 1 aliphatic heterocycles. The van der Waals surface area contributed by atoms with Crippen LogP contribution in [0.4, 0.5) is 14.5 Å². The summed E-state index contributed by atoms with van der Waals surface area (Å²) in [7, 11) is -4.72. The van der Waals surface area contributed by atoms with E-state index in [0.29, 0.717) is 19.4 Å². The number of nitrogens with zero attached hydrogens (tertiary/aromatic N) is 1. The lowest BCUT2D eigenvalue weighted by molar-refractivity contribution is -0.137. The first-order valence-electron chi connectivity index (χ1n) is 6.43. The number of benzene rings is 1. The first-order chi connectivity index (χ1) is 9.84. The van der Waals surface area contributed by atoms with Crippen molar-refractivity contribution in [3.63, 3.8) is 0 Å². The number of carboxylic acid groups (broad SMARTS) is 1. The summed E-state index contributed by atoms with van der Waals surface area (Å²) in [4.78, 5) is 12.0. The molecule has 116 valence electrons. The van der Waals surface area contributed by atoms with E-state index in [-0.39, 0.29) is 18.2 Å². The molecule has 0 bridgehead atoms. The van der Waals surface area contributed by atoms with Gasteiger partial charge >= 0.3 is 11.7 Å². The zero-order valence-electron chi connectivity index (χ0n) is 11.1. The highest BCUT2D eigenvalue weighted by molar-refractivity contribution is 7.91. The number of alkyl halides is 2. The highest BCUT2D eigenvalue weighted by atomic mass is 32.2. The lowest BCUT2D eigenvalue weighted by Crippen LogP contribution is -2.32. The molecule has 1 fully saturated rings. The van der Waals surface area contributed by atoms with Gasteiger partial charge in [0.2, 0.25) is 9.84 Å². The maximum Gasteiger partial charge on any atom is 0.341 e. The summed E-state index contributed by atoms with van der Waals surface area (Å²) in [5, 5.41) is 8.89. The molecule has 1 unspecified atom stereocenters. The Balaban J connectivity index is 2.43. The quantitative estimate of drug-likeness (QED) is 0.900. The van der Waals surface area contributed by atoms with Crippen LogP contribution in [-0.2, 0) is 14.6 Å². The molecule has 0 aromatic heterocycles. The molecule has 8 heteroatoms. The maximum absolute atomic E-state index is 12.8. The number of sulfone groups is 1. The fourth-order valence-electron chi connectivity index (χ4n) is 2.60. The van der Waals surface area contributed by atoms with Crippen molar-refractivity contribution in [2.75, 3.05) is 11.4 Å². The molecular formula is C13H15F2NO4S. The van der Waals surface area contributed by atoms with Gasteiger partial charge in [0.1, 0.15) is 0 Å². The fourth-order valence-corrected chi connectivity index (χ4v) is 3.53. The summed E-state index contributed by atoms with van der Waals surface area (Å²) in [6.45, 7) is 0.452. The van der Waals surface area contributed by atoms with Crippen LogP contribution in [0.2, 0.25) is 0 Å². The summed E-state index contributed by atoms with van der Waals surface area (Å²) in [6.07, 6.45) is 1.14. The van der Waals surface area contributed by atoms with Gasteiger partial charge in [-0.05, 0) is 25.0 Å². The number of hydrogen-bond donors (Lipinski definition) is 1. The van der Waals surface area contributed by atoms with E-state index in [4.69, 9.17) is 5.11 Å². The highest BCUT2D eigenvalue weighted by Crippen LogP contribution is 2.34. The number of halogens is 2. The van der Waals surface area contributed by atoms with E-state index >= 15 is 0 Å². The molecule has 5 nitrogen and oxygen atoms in total. The van der Waals surface area contributed by atoms with Gasteiger partial charge in [0, 0.05) is 12.6 Å². The minimum Gasteiger partial charge on any atom is -0.481 e. The number of aliphatic carboxylic acids is 1. The minimum atomic E-state index is -4.72. The van der Waals surface area contributed by atoms with Crippen molar-refractivity contribution < 1.29 is 27.1 Å². The Kier molecular flexibility index (Phi) is 4.46. The zero-order valence-corrected chi connectivity index (χ0v) is 11.9. The average molecular weight is 319 g/mol. The topological polar surface area (TPSA) is 74.7 Å². The number of para-hydroxylation sites is 1. The highest BCUT2D eigenvalue weighted by Gasteiger charge is 2.34. The van der Waals surface area contributed by atoms with Gasteiger partial charge in [-0.15, -0.1) is 0 Å². The number of carboxylic acids is 1. The van der Waals surface area contributed by atoms with Gasteiger partial charge in [-0.25, -0.2) is 8.42 Å². The lowest BCUT2D eigenvalue weighted by atomic mass is 10.1. The second-order valence-electron chi connectivity index (χ2n) is 4.86. The molecule has 1 saturated heterocycles. The van der Waals surface area contributed by atoms with Crippen LogP contribution in [0.5, 0.6) is 0 Å². The van der Waals surface area contributed by atoms with Crippen molar-refractivity contribution in [3.05, 3.63) is 24.3 Å². The molecule has 0 radical (unpaired) electrons.